The van der Waals surface area contributed by atoms with Gasteiger partial charge in [0.2, 0.25) is 0 Å². The van der Waals surface area contributed by atoms with Gasteiger partial charge in [-0.3, -0.25) is 4.79 Å². The summed E-state index contributed by atoms with van der Waals surface area (Å²) in [6, 6.07) is 14.9. The van der Waals surface area contributed by atoms with Crippen molar-refractivity contribution < 1.29 is 9.90 Å². The van der Waals surface area contributed by atoms with E-state index in [0.717, 1.165) is 17.3 Å². The van der Waals surface area contributed by atoms with Crippen LogP contribution in [0.1, 0.15) is 35.2 Å². The van der Waals surface area contributed by atoms with Gasteiger partial charge in [0.15, 0.2) is 17.4 Å². The molecule has 1 heterocycles. The Bertz CT molecular complexity index is 938. The molecule has 0 aliphatic heterocycles. The van der Waals surface area contributed by atoms with Gasteiger partial charge < -0.3 is 20.6 Å². The number of carbonyl (C=O) groups excluding carboxylic acids is 1. The average Bonchev–Trinajstić information content (AvgIpc) is 3.55. The average molecular weight is 412 g/mol. The number of amides is 1. The van der Waals surface area contributed by atoms with E-state index in [1.807, 2.05) is 30.3 Å². The minimum Gasteiger partial charge on any atom is -0.505 e. The molecular formula is C21H25N5O2S. The first-order valence-corrected chi connectivity index (χ1v) is 10.2. The van der Waals surface area contributed by atoms with E-state index in [0.29, 0.717) is 23.9 Å². The highest BCUT2D eigenvalue weighted by Gasteiger charge is 2.17. The molecule has 1 saturated carbocycles. The van der Waals surface area contributed by atoms with Crippen molar-refractivity contribution in [1.29, 1.82) is 0 Å². The van der Waals surface area contributed by atoms with Gasteiger partial charge in [0.05, 0.1) is 23.0 Å². The van der Waals surface area contributed by atoms with Gasteiger partial charge in [-0.25, -0.2) is 0 Å². The highest BCUT2D eigenvalue weighted by molar-refractivity contribution is 6.99. The number of para-hydroxylation sites is 1. The van der Waals surface area contributed by atoms with Gasteiger partial charge in [0.1, 0.15) is 0 Å². The molecule has 1 fully saturated rings. The number of carbonyl (C=O) groups is 1. The number of aromatic nitrogens is 2. The van der Waals surface area contributed by atoms with E-state index >= 15 is 0 Å². The summed E-state index contributed by atoms with van der Waals surface area (Å²) in [7, 11) is 3.27. The van der Waals surface area contributed by atoms with Crippen LogP contribution < -0.4 is 10.6 Å². The lowest BCUT2D eigenvalue weighted by atomic mass is 10.1. The molecule has 2 aromatic carbocycles. The topological polar surface area (TPSA) is 90.4 Å². The molecule has 7 nitrogen and oxygen atoms in total. The van der Waals surface area contributed by atoms with Gasteiger partial charge in [0, 0.05) is 20.6 Å². The molecule has 29 heavy (non-hydrogen) atoms. The summed E-state index contributed by atoms with van der Waals surface area (Å²) in [6.07, 6.45) is 4.50. The van der Waals surface area contributed by atoms with Crippen molar-refractivity contribution in [2.24, 2.45) is 0 Å². The maximum Gasteiger partial charge on any atom is 0.257 e. The maximum atomic E-state index is 12.1. The van der Waals surface area contributed by atoms with Crippen molar-refractivity contribution in [3.8, 4) is 5.75 Å². The fourth-order valence-electron chi connectivity index (χ4n) is 2.35. The molecule has 0 spiro atoms. The molecule has 0 unspecified atom stereocenters. The summed E-state index contributed by atoms with van der Waals surface area (Å²) >= 11 is 1.06. The summed E-state index contributed by atoms with van der Waals surface area (Å²) in [6.45, 7) is 0.603. The Morgan fingerprint density at radius 3 is 2.38 bits per heavy atom. The smallest absolute Gasteiger partial charge is 0.257 e. The Hall–Kier alpha value is -3.13. The van der Waals surface area contributed by atoms with Crippen molar-refractivity contribution in [2.75, 3.05) is 24.7 Å². The van der Waals surface area contributed by atoms with E-state index in [9.17, 15) is 9.90 Å². The zero-order valence-corrected chi connectivity index (χ0v) is 17.4. The fraction of sp³-hybridized carbons (Fsp3) is 0.286. The Morgan fingerprint density at radius 1 is 1.03 bits per heavy atom. The van der Waals surface area contributed by atoms with Crippen LogP contribution in [0.3, 0.4) is 0 Å². The third-order valence-electron chi connectivity index (χ3n) is 4.07. The zero-order valence-electron chi connectivity index (χ0n) is 16.6. The molecule has 1 aliphatic rings. The number of aromatic hydroxyl groups is 1. The van der Waals surface area contributed by atoms with Crippen LogP contribution in [0.2, 0.25) is 0 Å². The van der Waals surface area contributed by atoms with Crippen LogP contribution in [0.15, 0.2) is 48.5 Å². The van der Waals surface area contributed by atoms with Crippen LogP contribution in [0.4, 0.5) is 17.3 Å². The van der Waals surface area contributed by atoms with Gasteiger partial charge in [-0.1, -0.05) is 55.7 Å². The van der Waals surface area contributed by atoms with E-state index in [1.165, 1.54) is 24.2 Å². The van der Waals surface area contributed by atoms with Crippen LogP contribution in [0.5, 0.6) is 5.75 Å². The Labute approximate surface area is 174 Å². The predicted octanol–water partition coefficient (Wildman–Crippen LogP) is 4.47. The van der Waals surface area contributed by atoms with Crippen LogP contribution in [0, 0.1) is 0 Å². The third kappa shape index (κ3) is 5.92. The number of nitrogens with one attached hydrogen (secondary N) is 2. The Morgan fingerprint density at radius 2 is 1.72 bits per heavy atom. The van der Waals surface area contributed by atoms with E-state index in [2.05, 4.69) is 19.4 Å². The quantitative estimate of drug-likeness (QED) is 0.519. The molecule has 1 amide bonds. The molecule has 0 radical (unpaired) electrons. The van der Waals surface area contributed by atoms with Crippen LogP contribution in [0.25, 0.3) is 0 Å². The second-order valence-electron chi connectivity index (χ2n) is 6.89. The number of phenols is 1. The summed E-state index contributed by atoms with van der Waals surface area (Å²) in [4.78, 5) is 13.6. The highest BCUT2D eigenvalue weighted by Crippen LogP contribution is 2.32. The lowest BCUT2D eigenvalue weighted by molar-refractivity contribution is 0.0824. The summed E-state index contributed by atoms with van der Waals surface area (Å²) < 4.78 is 8.47. The fourth-order valence-corrected chi connectivity index (χ4v) is 2.84. The molecule has 1 aliphatic carbocycles. The number of rotatable bonds is 6. The highest BCUT2D eigenvalue weighted by atomic mass is 32.1. The lowest BCUT2D eigenvalue weighted by Gasteiger charge is -2.14. The number of nitrogens with zero attached hydrogens (tertiary/aromatic N) is 3. The first-order chi connectivity index (χ1) is 14.1. The first-order valence-electron chi connectivity index (χ1n) is 9.47. The van der Waals surface area contributed by atoms with Crippen molar-refractivity contribution in [3.05, 3.63) is 59.7 Å². The summed E-state index contributed by atoms with van der Waals surface area (Å²) in [5.41, 5.74) is 1.74. The van der Waals surface area contributed by atoms with E-state index < -0.39 is 0 Å². The number of hydrogen-bond donors (Lipinski definition) is 3. The molecule has 0 atom stereocenters. The first kappa shape index (κ1) is 20.6. The van der Waals surface area contributed by atoms with Gasteiger partial charge in [-0.05, 0) is 17.7 Å². The van der Waals surface area contributed by atoms with Crippen molar-refractivity contribution in [3.63, 3.8) is 0 Å². The number of hydrogen-bond acceptors (Lipinski definition) is 7. The normalized spacial score (nSPS) is 11.8. The van der Waals surface area contributed by atoms with Gasteiger partial charge in [-0.2, -0.15) is 8.75 Å². The molecule has 3 aromatic rings. The lowest BCUT2D eigenvalue weighted by Crippen LogP contribution is -2.21. The molecule has 0 saturated heterocycles. The van der Waals surface area contributed by atoms with Crippen molar-refractivity contribution >= 4 is 35.0 Å². The second-order valence-corrected chi connectivity index (χ2v) is 7.42. The minimum atomic E-state index is -0.273. The van der Waals surface area contributed by atoms with E-state index in [4.69, 9.17) is 0 Å². The number of benzene rings is 2. The van der Waals surface area contributed by atoms with Crippen LogP contribution >= 0.6 is 11.7 Å². The Kier molecular flexibility index (Phi) is 7.02. The van der Waals surface area contributed by atoms with Gasteiger partial charge in [-0.15, -0.1) is 0 Å². The van der Waals surface area contributed by atoms with E-state index in [1.54, 1.807) is 32.3 Å². The van der Waals surface area contributed by atoms with Crippen molar-refractivity contribution in [2.45, 2.75) is 25.8 Å². The SMILES string of the molecule is C1CC1.CN(C)C(=O)c1cccc(Nc2nsnc2NCc2ccccc2)c1O. The third-order valence-corrected chi connectivity index (χ3v) is 4.60. The predicted molar refractivity (Wildman–Crippen MR) is 117 cm³/mol. The van der Waals surface area contributed by atoms with Crippen LogP contribution in [-0.4, -0.2) is 38.8 Å². The Balaban J connectivity index is 0.000000732. The maximum absolute atomic E-state index is 12.1. The largest absolute Gasteiger partial charge is 0.505 e. The van der Waals surface area contributed by atoms with Gasteiger partial charge >= 0.3 is 0 Å². The summed E-state index contributed by atoms with van der Waals surface area (Å²) in [5, 5.41) is 16.7. The second kappa shape index (κ2) is 9.88. The molecule has 0 bridgehead atoms. The molecule has 3 N–H and O–H groups in total. The van der Waals surface area contributed by atoms with Gasteiger partial charge in [0.25, 0.3) is 5.91 Å². The monoisotopic (exact) mass is 411 g/mol. The van der Waals surface area contributed by atoms with E-state index in [-0.39, 0.29) is 17.2 Å². The zero-order chi connectivity index (χ0) is 20.6. The molecule has 152 valence electrons. The standard InChI is InChI=1S/C18H19N5O2S.C3H6/c1-23(2)18(25)13-9-6-10-14(15(13)24)20-17-16(21-26-22-17)19-11-12-7-4-3-5-8-12;1-2-3-1/h3-10,24H,11H2,1-2H3,(H,19,21)(H,20,22);1-3H2. The minimum absolute atomic E-state index is 0.117. The number of phenolic OH excluding ortho intramolecular Hbond substituents is 1. The molecule has 1 aromatic heterocycles. The molecule has 8 heteroatoms. The van der Waals surface area contributed by atoms with Crippen molar-refractivity contribution in [1.82, 2.24) is 13.6 Å². The summed E-state index contributed by atoms with van der Waals surface area (Å²) in [5.74, 6) is 0.691. The molecule has 4 rings (SSSR count). The molecular weight excluding hydrogens is 386 g/mol. The number of anilines is 3. The van der Waals surface area contributed by atoms with Crippen LogP contribution in [-0.2, 0) is 6.54 Å².